The SMILES string of the molecule is CCNc1cc(NCc2cccc(C)c2)nc(CC)n1. The van der Waals surface area contributed by atoms with Gasteiger partial charge in [-0.1, -0.05) is 36.8 Å². The van der Waals surface area contributed by atoms with Crippen LogP contribution in [0.15, 0.2) is 30.3 Å². The number of benzene rings is 1. The third-order valence-electron chi connectivity index (χ3n) is 3.00. The van der Waals surface area contributed by atoms with Crippen molar-refractivity contribution in [1.82, 2.24) is 9.97 Å². The monoisotopic (exact) mass is 270 g/mol. The number of hydrogen-bond acceptors (Lipinski definition) is 4. The summed E-state index contributed by atoms with van der Waals surface area (Å²) in [4.78, 5) is 8.96. The van der Waals surface area contributed by atoms with E-state index >= 15 is 0 Å². The maximum Gasteiger partial charge on any atom is 0.132 e. The molecule has 0 unspecified atom stereocenters. The quantitative estimate of drug-likeness (QED) is 0.844. The van der Waals surface area contributed by atoms with Gasteiger partial charge in [-0.2, -0.15) is 0 Å². The zero-order chi connectivity index (χ0) is 14.4. The van der Waals surface area contributed by atoms with Gasteiger partial charge in [-0.05, 0) is 19.4 Å². The number of nitrogens with zero attached hydrogens (tertiary/aromatic N) is 2. The van der Waals surface area contributed by atoms with Crippen molar-refractivity contribution in [2.24, 2.45) is 0 Å². The normalized spacial score (nSPS) is 10.3. The first-order valence-electron chi connectivity index (χ1n) is 7.12. The summed E-state index contributed by atoms with van der Waals surface area (Å²) in [6.07, 6.45) is 0.832. The summed E-state index contributed by atoms with van der Waals surface area (Å²) in [5.41, 5.74) is 2.53. The average molecular weight is 270 g/mol. The molecule has 0 saturated heterocycles. The third kappa shape index (κ3) is 3.95. The highest BCUT2D eigenvalue weighted by molar-refractivity contribution is 5.48. The van der Waals surface area contributed by atoms with Crippen LogP contribution >= 0.6 is 0 Å². The number of aromatic nitrogens is 2. The Balaban J connectivity index is 2.10. The highest BCUT2D eigenvalue weighted by Gasteiger charge is 2.03. The van der Waals surface area contributed by atoms with E-state index < -0.39 is 0 Å². The predicted molar refractivity (Wildman–Crippen MR) is 84.1 cm³/mol. The van der Waals surface area contributed by atoms with Crippen LogP contribution in [0, 0.1) is 6.92 Å². The highest BCUT2D eigenvalue weighted by Crippen LogP contribution is 2.13. The minimum Gasteiger partial charge on any atom is -0.370 e. The Morgan fingerprint density at radius 1 is 1.00 bits per heavy atom. The van der Waals surface area contributed by atoms with Crippen molar-refractivity contribution in [3.63, 3.8) is 0 Å². The second-order valence-electron chi connectivity index (χ2n) is 4.78. The minimum atomic E-state index is 0.771. The number of rotatable bonds is 6. The fourth-order valence-electron chi connectivity index (χ4n) is 2.03. The van der Waals surface area contributed by atoms with E-state index in [9.17, 15) is 0 Å². The van der Waals surface area contributed by atoms with E-state index in [4.69, 9.17) is 0 Å². The maximum atomic E-state index is 4.51. The van der Waals surface area contributed by atoms with Gasteiger partial charge in [-0.3, -0.25) is 0 Å². The Morgan fingerprint density at radius 3 is 2.40 bits per heavy atom. The molecule has 0 radical (unpaired) electrons. The summed E-state index contributed by atoms with van der Waals surface area (Å²) in [7, 11) is 0. The summed E-state index contributed by atoms with van der Waals surface area (Å²) in [6, 6.07) is 10.4. The lowest BCUT2D eigenvalue weighted by atomic mass is 10.1. The fourth-order valence-corrected chi connectivity index (χ4v) is 2.03. The highest BCUT2D eigenvalue weighted by atomic mass is 15.1. The van der Waals surface area contributed by atoms with E-state index in [1.54, 1.807) is 0 Å². The Hall–Kier alpha value is -2.10. The number of anilines is 2. The van der Waals surface area contributed by atoms with Gasteiger partial charge >= 0.3 is 0 Å². The van der Waals surface area contributed by atoms with E-state index in [0.29, 0.717) is 0 Å². The molecule has 0 fully saturated rings. The largest absolute Gasteiger partial charge is 0.370 e. The predicted octanol–water partition coefficient (Wildman–Crippen LogP) is 3.39. The van der Waals surface area contributed by atoms with E-state index in [-0.39, 0.29) is 0 Å². The smallest absolute Gasteiger partial charge is 0.132 e. The lowest BCUT2D eigenvalue weighted by molar-refractivity contribution is 0.929. The van der Waals surface area contributed by atoms with Crippen LogP contribution in [0.2, 0.25) is 0 Å². The Kier molecular flexibility index (Phi) is 4.93. The van der Waals surface area contributed by atoms with E-state index in [0.717, 1.165) is 37.0 Å². The van der Waals surface area contributed by atoms with Crippen LogP contribution in [0.3, 0.4) is 0 Å². The molecule has 2 aromatic rings. The summed E-state index contributed by atoms with van der Waals surface area (Å²) in [5, 5.41) is 6.61. The molecule has 2 rings (SSSR count). The van der Waals surface area contributed by atoms with Gasteiger partial charge in [0.2, 0.25) is 0 Å². The molecule has 2 N–H and O–H groups in total. The molecule has 0 aliphatic carbocycles. The summed E-state index contributed by atoms with van der Waals surface area (Å²) in [6.45, 7) is 7.86. The molecule has 4 heteroatoms. The Bertz CT molecular complexity index is 566. The van der Waals surface area contributed by atoms with Crippen molar-refractivity contribution in [2.75, 3.05) is 17.2 Å². The molecule has 0 atom stereocenters. The van der Waals surface area contributed by atoms with Crippen molar-refractivity contribution in [3.8, 4) is 0 Å². The Labute approximate surface area is 120 Å². The van der Waals surface area contributed by atoms with Gasteiger partial charge in [-0.25, -0.2) is 9.97 Å². The summed E-state index contributed by atoms with van der Waals surface area (Å²) >= 11 is 0. The minimum absolute atomic E-state index is 0.771. The summed E-state index contributed by atoms with van der Waals surface area (Å²) in [5.74, 6) is 2.61. The Morgan fingerprint density at radius 2 is 1.75 bits per heavy atom. The van der Waals surface area contributed by atoms with Gasteiger partial charge in [0.05, 0.1) is 0 Å². The molecule has 4 nitrogen and oxygen atoms in total. The first-order chi connectivity index (χ1) is 9.71. The molecule has 0 saturated carbocycles. The molecule has 20 heavy (non-hydrogen) atoms. The topological polar surface area (TPSA) is 49.8 Å². The van der Waals surface area contributed by atoms with E-state index in [1.165, 1.54) is 11.1 Å². The first-order valence-corrected chi connectivity index (χ1v) is 7.12. The van der Waals surface area contributed by atoms with Gasteiger partial charge in [-0.15, -0.1) is 0 Å². The second-order valence-corrected chi connectivity index (χ2v) is 4.78. The van der Waals surface area contributed by atoms with E-state index in [2.05, 4.69) is 65.6 Å². The maximum absolute atomic E-state index is 4.51. The fraction of sp³-hybridized carbons (Fsp3) is 0.375. The number of aryl methyl sites for hydroxylation is 2. The molecule has 0 aliphatic rings. The number of hydrogen-bond donors (Lipinski definition) is 2. The molecule has 0 amide bonds. The first kappa shape index (κ1) is 14.3. The third-order valence-corrected chi connectivity index (χ3v) is 3.00. The van der Waals surface area contributed by atoms with Crippen LogP contribution in [-0.4, -0.2) is 16.5 Å². The zero-order valence-corrected chi connectivity index (χ0v) is 12.4. The lowest BCUT2D eigenvalue weighted by Gasteiger charge is -2.10. The van der Waals surface area contributed by atoms with Gasteiger partial charge in [0, 0.05) is 25.6 Å². The molecule has 106 valence electrons. The molecule has 1 aromatic carbocycles. The van der Waals surface area contributed by atoms with Crippen LogP contribution in [0.5, 0.6) is 0 Å². The van der Waals surface area contributed by atoms with Crippen LogP contribution in [-0.2, 0) is 13.0 Å². The average Bonchev–Trinajstić information content (AvgIpc) is 2.45. The zero-order valence-electron chi connectivity index (χ0n) is 12.4. The van der Waals surface area contributed by atoms with Gasteiger partial charge < -0.3 is 10.6 Å². The molecular formula is C16H22N4. The molecule has 1 aromatic heterocycles. The van der Waals surface area contributed by atoms with Crippen molar-refractivity contribution in [1.29, 1.82) is 0 Å². The van der Waals surface area contributed by atoms with Crippen molar-refractivity contribution in [3.05, 3.63) is 47.3 Å². The van der Waals surface area contributed by atoms with Gasteiger partial charge in [0.25, 0.3) is 0 Å². The van der Waals surface area contributed by atoms with Crippen molar-refractivity contribution >= 4 is 11.6 Å². The van der Waals surface area contributed by atoms with Gasteiger partial charge in [0.1, 0.15) is 17.5 Å². The van der Waals surface area contributed by atoms with Crippen LogP contribution in [0.1, 0.15) is 30.8 Å². The van der Waals surface area contributed by atoms with Crippen LogP contribution < -0.4 is 10.6 Å². The standard InChI is InChI=1S/C16H22N4/c1-4-14-19-15(17-5-2)10-16(20-14)18-11-13-8-6-7-12(3)9-13/h6-10H,4-5,11H2,1-3H3,(H2,17,18,19,20). The molecule has 0 aliphatic heterocycles. The second kappa shape index (κ2) is 6.89. The van der Waals surface area contributed by atoms with Crippen molar-refractivity contribution in [2.45, 2.75) is 33.7 Å². The molecule has 0 bridgehead atoms. The molecular weight excluding hydrogens is 248 g/mol. The molecule has 1 heterocycles. The molecule has 0 spiro atoms. The number of nitrogens with one attached hydrogen (secondary N) is 2. The lowest BCUT2D eigenvalue weighted by Crippen LogP contribution is -2.07. The van der Waals surface area contributed by atoms with Crippen LogP contribution in [0.25, 0.3) is 0 Å². The van der Waals surface area contributed by atoms with Crippen LogP contribution in [0.4, 0.5) is 11.6 Å². The van der Waals surface area contributed by atoms with Crippen molar-refractivity contribution < 1.29 is 0 Å². The summed E-state index contributed by atoms with van der Waals surface area (Å²) < 4.78 is 0. The van der Waals surface area contributed by atoms with E-state index in [1.807, 2.05) is 6.07 Å². The van der Waals surface area contributed by atoms with Gasteiger partial charge in [0.15, 0.2) is 0 Å².